The molecule has 0 radical (unpaired) electrons. The SMILES string of the molecule is CCOc1ccc(Cc2cc([C@]34OC[C@](CO[Si](C)(C)C(C)(C)C)(O3)[C@@H](O)[C@H](OCc3ccccc3)[C@H]4OCc3ccccc3)ccc2Cl)cc1. The summed E-state index contributed by atoms with van der Waals surface area (Å²) in [6.45, 7) is 14.3. The monoisotopic (exact) mass is 730 g/mol. The molecule has 0 aliphatic carbocycles. The Bertz CT molecular complexity index is 1730. The fourth-order valence-electron chi connectivity index (χ4n) is 6.47. The first-order valence-corrected chi connectivity index (χ1v) is 21.1. The molecular weight excluding hydrogens is 680 g/mol. The number of benzene rings is 4. The van der Waals surface area contributed by atoms with E-state index in [1.165, 1.54) is 0 Å². The van der Waals surface area contributed by atoms with Crippen molar-refractivity contribution in [2.24, 2.45) is 0 Å². The van der Waals surface area contributed by atoms with Crippen molar-refractivity contribution in [3.8, 4) is 5.75 Å². The van der Waals surface area contributed by atoms with E-state index >= 15 is 0 Å². The molecule has 1 N–H and O–H groups in total. The summed E-state index contributed by atoms with van der Waals surface area (Å²) in [6.07, 6.45) is -2.20. The lowest BCUT2D eigenvalue weighted by Gasteiger charge is -2.50. The molecule has 2 heterocycles. The van der Waals surface area contributed by atoms with Gasteiger partial charge in [0, 0.05) is 10.6 Å². The van der Waals surface area contributed by atoms with E-state index < -0.39 is 38.0 Å². The summed E-state index contributed by atoms with van der Waals surface area (Å²) in [5.41, 5.74) is 3.48. The Hall–Kier alpha value is -3.05. The van der Waals surface area contributed by atoms with Crippen molar-refractivity contribution in [2.75, 3.05) is 19.8 Å². The van der Waals surface area contributed by atoms with Crippen LogP contribution in [0.2, 0.25) is 23.2 Å². The molecule has 0 aromatic heterocycles. The predicted octanol–water partition coefficient (Wildman–Crippen LogP) is 8.84. The molecule has 9 heteroatoms. The first-order chi connectivity index (χ1) is 24.4. The third-order valence-corrected chi connectivity index (χ3v) is 15.4. The van der Waals surface area contributed by atoms with E-state index in [4.69, 9.17) is 39.7 Å². The summed E-state index contributed by atoms with van der Waals surface area (Å²) < 4.78 is 39.9. The molecule has 2 aliphatic heterocycles. The quantitative estimate of drug-likeness (QED) is 0.130. The predicted molar refractivity (Wildman–Crippen MR) is 203 cm³/mol. The average Bonchev–Trinajstić information content (AvgIpc) is 3.49. The van der Waals surface area contributed by atoms with E-state index in [0.717, 1.165) is 33.6 Å². The minimum Gasteiger partial charge on any atom is -0.494 e. The molecule has 0 saturated carbocycles. The number of rotatable bonds is 14. The molecule has 0 amide bonds. The van der Waals surface area contributed by atoms with Gasteiger partial charge in [-0.3, -0.25) is 0 Å². The third-order valence-electron chi connectivity index (χ3n) is 10.5. The Morgan fingerprint density at radius 1 is 0.843 bits per heavy atom. The zero-order chi connectivity index (χ0) is 36.3. The molecule has 4 aromatic carbocycles. The maximum absolute atomic E-state index is 12.4. The van der Waals surface area contributed by atoms with Crippen molar-refractivity contribution in [3.05, 3.63) is 136 Å². The van der Waals surface area contributed by atoms with Crippen LogP contribution in [0.4, 0.5) is 0 Å². The van der Waals surface area contributed by atoms with Crippen LogP contribution in [0.25, 0.3) is 0 Å². The lowest BCUT2D eigenvalue weighted by atomic mass is 9.83. The molecule has 2 aliphatic rings. The Morgan fingerprint density at radius 3 is 2.08 bits per heavy atom. The second kappa shape index (κ2) is 15.5. The fourth-order valence-corrected chi connectivity index (χ4v) is 7.69. The highest BCUT2D eigenvalue weighted by Crippen LogP contribution is 2.53. The van der Waals surface area contributed by atoms with Gasteiger partial charge >= 0.3 is 0 Å². The Morgan fingerprint density at radius 2 is 1.47 bits per heavy atom. The van der Waals surface area contributed by atoms with Crippen molar-refractivity contribution in [2.45, 2.75) is 95.2 Å². The van der Waals surface area contributed by atoms with Gasteiger partial charge in [-0.2, -0.15) is 0 Å². The standard InChI is InChI=1S/C42H51ClO7Si/c1-7-45-35-21-18-30(19-22-35)24-33-25-34(20-23-36(33)43)42-39(47-27-32-16-12-9-13-17-32)37(46-26-31-14-10-8-11-15-31)38(44)41(50-42,28-48-42)29-49-51(5,6)40(2,3)4/h8-23,25,37-39,44H,7,24,26-29H2,1-6H3/t37-,38-,39+,41+,42-/m0/s1. The van der Waals surface area contributed by atoms with Crippen LogP contribution in [0.3, 0.4) is 0 Å². The van der Waals surface area contributed by atoms with E-state index in [1.54, 1.807) is 0 Å². The summed E-state index contributed by atoms with van der Waals surface area (Å²) in [5, 5.41) is 12.9. The summed E-state index contributed by atoms with van der Waals surface area (Å²) in [4.78, 5) is 0. The zero-order valence-electron chi connectivity index (χ0n) is 30.6. The van der Waals surface area contributed by atoms with Gasteiger partial charge in [0.05, 0.1) is 33.0 Å². The molecule has 7 nitrogen and oxygen atoms in total. The van der Waals surface area contributed by atoms with E-state index in [-0.39, 0.29) is 31.5 Å². The Kier molecular flexibility index (Phi) is 11.5. The molecule has 272 valence electrons. The molecule has 2 fully saturated rings. The van der Waals surface area contributed by atoms with Crippen LogP contribution in [0.5, 0.6) is 5.75 Å². The van der Waals surface area contributed by atoms with Crippen molar-refractivity contribution in [1.82, 2.24) is 0 Å². The molecule has 2 saturated heterocycles. The number of hydrogen-bond donors (Lipinski definition) is 1. The fraction of sp³-hybridized carbons (Fsp3) is 0.429. The molecule has 5 atom stereocenters. The Balaban J connectivity index is 1.41. The molecule has 0 spiro atoms. The lowest BCUT2D eigenvalue weighted by Crippen LogP contribution is -2.67. The second-order valence-electron chi connectivity index (χ2n) is 15.2. The van der Waals surface area contributed by atoms with Crippen molar-refractivity contribution >= 4 is 19.9 Å². The maximum atomic E-state index is 12.4. The number of aliphatic hydroxyl groups is 1. The van der Waals surface area contributed by atoms with Gasteiger partial charge in [-0.05, 0) is 78.0 Å². The highest BCUT2D eigenvalue weighted by Gasteiger charge is 2.69. The van der Waals surface area contributed by atoms with Crippen LogP contribution in [0.1, 0.15) is 55.5 Å². The van der Waals surface area contributed by atoms with Gasteiger partial charge in [0.25, 0.3) is 0 Å². The summed E-state index contributed by atoms with van der Waals surface area (Å²) in [5.74, 6) is -0.602. The van der Waals surface area contributed by atoms with Gasteiger partial charge in [-0.15, -0.1) is 0 Å². The molecule has 51 heavy (non-hydrogen) atoms. The average molecular weight is 731 g/mol. The normalized spacial score (nSPS) is 24.8. The second-order valence-corrected chi connectivity index (χ2v) is 20.4. The van der Waals surface area contributed by atoms with Gasteiger partial charge in [0.1, 0.15) is 29.7 Å². The van der Waals surface area contributed by atoms with Gasteiger partial charge in [-0.25, -0.2) is 0 Å². The number of fused-ring (bicyclic) bond motifs is 2. The zero-order valence-corrected chi connectivity index (χ0v) is 32.3. The van der Waals surface area contributed by atoms with Crippen LogP contribution in [0.15, 0.2) is 103 Å². The number of ether oxygens (including phenoxy) is 5. The van der Waals surface area contributed by atoms with Crippen LogP contribution < -0.4 is 4.74 Å². The highest BCUT2D eigenvalue weighted by molar-refractivity contribution is 6.74. The molecule has 0 unspecified atom stereocenters. The first kappa shape index (κ1) is 37.7. The number of halogens is 1. The van der Waals surface area contributed by atoms with Crippen molar-refractivity contribution < 1.29 is 33.2 Å². The van der Waals surface area contributed by atoms with Crippen LogP contribution >= 0.6 is 11.6 Å². The van der Waals surface area contributed by atoms with Gasteiger partial charge in [0.15, 0.2) is 8.32 Å². The summed E-state index contributed by atoms with van der Waals surface area (Å²) in [7, 11) is -2.25. The summed E-state index contributed by atoms with van der Waals surface area (Å²) in [6, 6.07) is 33.8. The van der Waals surface area contributed by atoms with Gasteiger partial charge < -0.3 is 33.2 Å². The maximum Gasteiger partial charge on any atom is 0.225 e. The minimum absolute atomic E-state index is 0.0453. The molecule has 2 bridgehead atoms. The van der Waals surface area contributed by atoms with Crippen molar-refractivity contribution in [1.29, 1.82) is 0 Å². The Labute approximate surface area is 308 Å². The smallest absolute Gasteiger partial charge is 0.225 e. The van der Waals surface area contributed by atoms with E-state index in [2.05, 4.69) is 33.9 Å². The van der Waals surface area contributed by atoms with E-state index in [1.807, 2.05) is 110 Å². The van der Waals surface area contributed by atoms with E-state index in [9.17, 15) is 5.11 Å². The molecule has 4 aromatic rings. The minimum atomic E-state index is -2.25. The third kappa shape index (κ3) is 8.14. The largest absolute Gasteiger partial charge is 0.494 e. The van der Waals surface area contributed by atoms with Crippen molar-refractivity contribution in [3.63, 3.8) is 0 Å². The number of aliphatic hydroxyl groups excluding tert-OH is 1. The first-order valence-electron chi connectivity index (χ1n) is 17.8. The molecule has 6 rings (SSSR count). The van der Waals surface area contributed by atoms with E-state index in [0.29, 0.717) is 18.1 Å². The lowest BCUT2D eigenvalue weighted by molar-refractivity contribution is -0.346. The topological polar surface area (TPSA) is 75.6 Å². The highest BCUT2D eigenvalue weighted by atomic mass is 35.5. The van der Waals surface area contributed by atoms with Crippen LogP contribution in [-0.4, -0.2) is 57.2 Å². The van der Waals surface area contributed by atoms with Gasteiger partial charge in [0.2, 0.25) is 5.79 Å². The van der Waals surface area contributed by atoms with Crippen LogP contribution in [-0.2, 0) is 48.8 Å². The van der Waals surface area contributed by atoms with Gasteiger partial charge in [-0.1, -0.05) is 111 Å². The van der Waals surface area contributed by atoms with Crippen LogP contribution in [0, 0.1) is 0 Å². The summed E-state index contributed by atoms with van der Waals surface area (Å²) >= 11 is 6.86. The molecular formula is C42H51ClO7Si. The number of hydrogen-bond acceptors (Lipinski definition) is 7.